The molecule has 0 unspecified atom stereocenters. The lowest BCUT2D eigenvalue weighted by atomic mass is 10.1. The van der Waals surface area contributed by atoms with Crippen molar-refractivity contribution < 1.29 is 0 Å². The van der Waals surface area contributed by atoms with Gasteiger partial charge in [-0.1, -0.05) is 27.2 Å². The molecule has 0 bridgehead atoms. The number of aromatic nitrogens is 2. The largest absolute Gasteiger partial charge is 0.227 e. The molecule has 1 aromatic heterocycles. The average Bonchev–Trinajstić information content (AvgIpc) is 2.03. The van der Waals surface area contributed by atoms with Gasteiger partial charge in [-0.2, -0.15) is 0 Å². The van der Waals surface area contributed by atoms with Gasteiger partial charge in [-0.15, -0.1) is 0 Å². The zero-order chi connectivity index (χ0) is 9.84. The summed E-state index contributed by atoms with van der Waals surface area (Å²) in [6.45, 7) is 6.44. The summed E-state index contributed by atoms with van der Waals surface area (Å²) >= 11 is 3.33. The summed E-state index contributed by atoms with van der Waals surface area (Å²) < 4.78 is 0.710. The molecule has 0 N–H and O–H groups in total. The predicted octanol–water partition coefficient (Wildman–Crippen LogP) is 3.32. The highest BCUT2D eigenvalue weighted by Crippen LogP contribution is 2.15. The normalized spacial score (nSPS) is 10.8. The third-order valence-corrected chi connectivity index (χ3v) is 2.22. The van der Waals surface area contributed by atoms with Crippen molar-refractivity contribution in [2.24, 2.45) is 0 Å². The van der Waals surface area contributed by atoms with Crippen LogP contribution in [0.5, 0.6) is 0 Å². The van der Waals surface area contributed by atoms with E-state index in [0.717, 1.165) is 24.2 Å². The van der Waals surface area contributed by atoms with Crippen LogP contribution in [-0.2, 0) is 6.42 Å². The van der Waals surface area contributed by atoms with Crippen molar-refractivity contribution in [3.05, 3.63) is 22.2 Å². The Labute approximate surface area is 87.9 Å². The van der Waals surface area contributed by atoms with E-state index in [0.29, 0.717) is 10.7 Å². The van der Waals surface area contributed by atoms with E-state index in [9.17, 15) is 0 Å². The molecule has 0 radical (unpaired) electrons. The molecule has 2 nitrogen and oxygen atoms in total. The van der Waals surface area contributed by atoms with Crippen LogP contribution in [0.15, 0.2) is 10.8 Å². The van der Waals surface area contributed by atoms with Gasteiger partial charge in [0.05, 0.1) is 0 Å². The maximum absolute atomic E-state index is 4.32. The van der Waals surface area contributed by atoms with Crippen molar-refractivity contribution in [3.63, 3.8) is 0 Å². The quantitative estimate of drug-likeness (QED) is 0.761. The van der Waals surface area contributed by atoms with E-state index in [2.05, 4.69) is 52.7 Å². The highest BCUT2D eigenvalue weighted by Gasteiger charge is 2.05. The van der Waals surface area contributed by atoms with Gasteiger partial charge in [-0.25, -0.2) is 9.97 Å². The maximum Gasteiger partial charge on any atom is 0.197 e. The molecule has 13 heavy (non-hydrogen) atoms. The molecular formula is C10H15BrN2. The molecule has 0 amide bonds. The second kappa shape index (κ2) is 4.70. The van der Waals surface area contributed by atoms with E-state index < -0.39 is 0 Å². The van der Waals surface area contributed by atoms with E-state index in [1.165, 1.54) is 0 Å². The molecule has 1 rings (SSSR count). The van der Waals surface area contributed by atoms with Gasteiger partial charge < -0.3 is 0 Å². The summed E-state index contributed by atoms with van der Waals surface area (Å²) in [5.74, 6) is 0.468. The van der Waals surface area contributed by atoms with E-state index in [-0.39, 0.29) is 0 Å². The van der Waals surface area contributed by atoms with Gasteiger partial charge in [-0.3, -0.25) is 0 Å². The first-order chi connectivity index (χ1) is 6.13. The lowest BCUT2D eigenvalue weighted by molar-refractivity contribution is 0.781. The molecule has 0 saturated heterocycles. The van der Waals surface area contributed by atoms with Crippen molar-refractivity contribution in [3.8, 4) is 0 Å². The molecule has 0 atom stereocenters. The van der Waals surface area contributed by atoms with Crippen LogP contribution < -0.4 is 0 Å². The van der Waals surface area contributed by atoms with Gasteiger partial charge in [0.25, 0.3) is 0 Å². The number of nitrogens with zero attached hydrogens (tertiary/aromatic N) is 2. The Morgan fingerprint density at radius 3 is 2.62 bits per heavy atom. The second-order valence-corrected chi connectivity index (χ2v) is 4.17. The lowest BCUT2D eigenvalue weighted by Crippen LogP contribution is -1.99. The lowest BCUT2D eigenvalue weighted by Gasteiger charge is -2.06. The minimum atomic E-state index is 0.468. The minimum absolute atomic E-state index is 0.468. The van der Waals surface area contributed by atoms with Gasteiger partial charge in [0.2, 0.25) is 0 Å². The topological polar surface area (TPSA) is 25.8 Å². The first-order valence-corrected chi connectivity index (χ1v) is 5.46. The molecule has 0 fully saturated rings. The van der Waals surface area contributed by atoms with Gasteiger partial charge in [0.1, 0.15) is 0 Å². The van der Waals surface area contributed by atoms with Crippen LogP contribution in [0.4, 0.5) is 0 Å². The first-order valence-electron chi connectivity index (χ1n) is 4.66. The SMILES string of the molecule is CCCc1cc(C(C)C)nc(Br)n1. The van der Waals surface area contributed by atoms with Gasteiger partial charge in [-0.05, 0) is 34.3 Å². The van der Waals surface area contributed by atoms with Crippen LogP contribution in [0, 0.1) is 0 Å². The van der Waals surface area contributed by atoms with E-state index in [4.69, 9.17) is 0 Å². The highest BCUT2D eigenvalue weighted by molar-refractivity contribution is 9.10. The molecular weight excluding hydrogens is 228 g/mol. The smallest absolute Gasteiger partial charge is 0.197 e. The fourth-order valence-electron chi connectivity index (χ4n) is 1.17. The molecule has 0 saturated carbocycles. The van der Waals surface area contributed by atoms with Crippen molar-refractivity contribution in [1.82, 2.24) is 9.97 Å². The van der Waals surface area contributed by atoms with Crippen LogP contribution in [-0.4, -0.2) is 9.97 Å². The zero-order valence-electron chi connectivity index (χ0n) is 8.34. The number of aryl methyl sites for hydroxylation is 1. The van der Waals surface area contributed by atoms with Crippen LogP contribution >= 0.6 is 15.9 Å². The fraction of sp³-hybridized carbons (Fsp3) is 0.600. The first kappa shape index (κ1) is 10.6. The Bertz CT molecular complexity index is 284. The third kappa shape index (κ3) is 3.07. The average molecular weight is 243 g/mol. The maximum atomic E-state index is 4.32. The van der Waals surface area contributed by atoms with Crippen molar-refractivity contribution in [1.29, 1.82) is 0 Å². The van der Waals surface area contributed by atoms with E-state index in [1.54, 1.807) is 0 Å². The molecule has 72 valence electrons. The molecule has 0 aliphatic heterocycles. The third-order valence-electron chi connectivity index (χ3n) is 1.87. The van der Waals surface area contributed by atoms with Crippen molar-refractivity contribution >= 4 is 15.9 Å². The van der Waals surface area contributed by atoms with Gasteiger partial charge >= 0.3 is 0 Å². The van der Waals surface area contributed by atoms with Gasteiger partial charge in [0.15, 0.2) is 4.73 Å². The summed E-state index contributed by atoms with van der Waals surface area (Å²) in [5.41, 5.74) is 2.25. The number of halogens is 1. The number of hydrogen-bond donors (Lipinski definition) is 0. The van der Waals surface area contributed by atoms with E-state index >= 15 is 0 Å². The van der Waals surface area contributed by atoms with Crippen molar-refractivity contribution in [2.45, 2.75) is 39.5 Å². The zero-order valence-corrected chi connectivity index (χ0v) is 9.93. The Hall–Kier alpha value is -0.440. The summed E-state index contributed by atoms with van der Waals surface area (Å²) in [6.07, 6.45) is 2.15. The summed E-state index contributed by atoms with van der Waals surface area (Å²) in [4.78, 5) is 8.63. The predicted molar refractivity (Wildman–Crippen MR) is 57.8 cm³/mol. The summed E-state index contributed by atoms with van der Waals surface area (Å²) in [7, 11) is 0. The number of hydrogen-bond acceptors (Lipinski definition) is 2. The minimum Gasteiger partial charge on any atom is -0.227 e. The molecule has 0 aliphatic carbocycles. The van der Waals surface area contributed by atoms with Crippen LogP contribution in [0.3, 0.4) is 0 Å². The Balaban J connectivity index is 2.96. The van der Waals surface area contributed by atoms with Crippen LogP contribution in [0.2, 0.25) is 0 Å². The standard InChI is InChI=1S/C10H15BrN2/c1-4-5-8-6-9(7(2)3)13-10(11)12-8/h6-7H,4-5H2,1-3H3. The Kier molecular flexibility index (Phi) is 3.85. The summed E-state index contributed by atoms with van der Waals surface area (Å²) in [5, 5.41) is 0. The second-order valence-electron chi connectivity index (χ2n) is 3.46. The number of rotatable bonds is 3. The Morgan fingerprint density at radius 1 is 1.38 bits per heavy atom. The molecule has 1 heterocycles. The molecule has 3 heteroatoms. The fourth-order valence-corrected chi connectivity index (χ4v) is 1.60. The van der Waals surface area contributed by atoms with Crippen LogP contribution in [0.25, 0.3) is 0 Å². The summed E-state index contributed by atoms with van der Waals surface area (Å²) in [6, 6.07) is 2.10. The molecule has 0 aromatic carbocycles. The van der Waals surface area contributed by atoms with Crippen molar-refractivity contribution in [2.75, 3.05) is 0 Å². The van der Waals surface area contributed by atoms with Gasteiger partial charge in [0, 0.05) is 11.4 Å². The van der Waals surface area contributed by atoms with Crippen LogP contribution in [0.1, 0.15) is 44.5 Å². The Morgan fingerprint density at radius 2 is 2.08 bits per heavy atom. The molecule has 1 aromatic rings. The van der Waals surface area contributed by atoms with E-state index in [1.807, 2.05) is 0 Å². The highest BCUT2D eigenvalue weighted by atomic mass is 79.9. The molecule has 0 aliphatic rings. The monoisotopic (exact) mass is 242 g/mol. The molecule has 0 spiro atoms.